The van der Waals surface area contributed by atoms with E-state index >= 15 is 0 Å². The van der Waals surface area contributed by atoms with Gasteiger partial charge in [0.2, 0.25) is 0 Å². The third-order valence-electron chi connectivity index (χ3n) is 4.48. The van der Waals surface area contributed by atoms with Crippen molar-refractivity contribution in [3.05, 3.63) is 87.7 Å². The summed E-state index contributed by atoms with van der Waals surface area (Å²) in [7, 11) is 0. The minimum atomic E-state index is -4.41. The molecule has 0 amide bonds. The lowest BCUT2D eigenvalue weighted by atomic mass is 10.0. The van der Waals surface area contributed by atoms with Crippen LogP contribution in [0.25, 0.3) is 17.3 Å². The summed E-state index contributed by atoms with van der Waals surface area (Å²) in [6.45, 7) is 3.86. The lowest BCUT2D eigenvalue weighted by molar-refractivity contribution is -0.137. The van der Waals surface area contributed by atoms with E-state index < -0.39 is 11.7 Å². The molecule has 0 N–H and O–H groups in total. The summed E-state index contributed by atoms with van der Waals surface area (Å²) >= 11 is 6.09. The molecule has 3 rings (SSSR count). The second-order valence-electron chi connectivity index (χ2n) is 6.39. The summed E-state index contributed by atoms with van der Waals surface area (Å²) in [6, 6.07) is 16.0. The zero-order valence-electron chi connectivity index (χ0n) is 15.2. The number of allylic oxidation sites excluding steroid dienone is 1. The minimum absolute atomic E-state index is 0.292. The van der Waals surface area contributed by atoms with E-state index in [-0.39, 0.29) is 0 Å². The molecule has 28 heavy (non-hydrogen) atoms. The first kappa shape index (κ1) is 19.8. The SMILES string of the molecule is Cc1cc(/C=C(/C#N)c2ccc(C(F)(F)F)cc2)c(C)n1-c1cccc(Cl)c1. The van der Waals surface area contributed by atoms with Crippen molar-refractivity contribution in [2.45, 2.75) is 20.0 Å². The normalized spacial score (nSPS) is 12.1. The van der Waals surface area contributed by atoms with Crippen LogP contribution >= 0.6 is 11.6 Å². The zero-order chi connectivity index (χ0) is 20.5. The first-order valence-electron chi connectivity index (χ1n) is 8.45. The average molecular weight is 401 g/mol. The van der Waals surface area contributed by atoms with Gasteiger partial charge in [0.15, 0.2) is 0 Å². The maximum absolute atomic E-state index is 12.7. The number of alkyl halides is 3. The molecule has 1 aromatic heterocycles. The molecule has 2 aromatic carbocycles. The number of rotatable bonds is 3. The molecule has 0 aliphatic carbocycles. The van der Waals surface area contributed by atoms with Gasteiger partial charge in [-0.25, -0.2) is 0 Å². The van der Waals surface area contributed by atoms with Crippen molar-refractivity contribution < 1.29 is 13.2 Å². The number of nitrogens with zero attached hydrogens (tertiary/aromatic N) is 2. The predicted octanol–water partition coefficient (Wildman–Crippen LogP) is 6.83. The van der Waals surface area contributed by atoms with Crippen LogP contribution < -0.4 is 0 Å². The molecular weight excluding hydrogens is 385 g/mol. The summed E-state index contributed by atoms with van der Waals surface area (Å²) < 4.78 is 40.3. The van der Waals surface area contributed by atoms with Crippen molar-refractivity contribution in [2.24, 2.45) is 0 Å². The molecule has 2 nitrogen and oxygen atoms in total. The quantitative estimate of drug-likeness (QED) is 0.443. The molecule has 142 valence electrons. The Hall–Kier alpha value is -2.97. The van der Waals surface area contributed by atoms with Gasteiger partial charge in [0.25, 0.3) is 0 Å². The topological polar surface area (TPSA) is 28.7 Å². The van der Waals surface area contributed by atoms with Crippen LogP contribution in [-0.4, -0.2) is 4.57 Å². The van der Waals surface area contributed by atoms with Crippen molar-refractivity contribution in [1.82, 2.24) is 4.57 Å². The molecule has 0 radical (unpaired) electrons. The minimum Gasteiger partial charge on any atom is -0.318 e. The summed E-state index contributed by atoms with van der Waals surface area (Å²) in [4.78, 5) is 0. The molecule has 0 saturated carbocycles. The fraction of sp³-hybridized carbons (Fsp3) is 0.136. The predicted molar refractivity (Wildman–Crippen MR) is 105 cm³/mol. The third-order valence-corrected chi connectivity index (χ3v) is 4.72. The van der Waals surface area contributed by atoms with Crippen LogP contribution in [0.1, 0.15) is 28.1 Å². The summed E-state index contributed by atoms with van der Waals surface area (Å²) in [5.74, 6) is 0. The summed E-state index contributed by atoms with van der Waals surface area (Å²) in [6.07, 6.45) is -2.72. The van der Waals surface area contributed by atoms with Crippen LogP contribution in [0.3, 0.4) is 0 Å². The molecule has 0 saturated heterocycles. The lowest BCUT2D eigenvalue weighted by Crippen LogP contribution is -2.04. The molecule has 0 bridgehead atoms. The molecule has 0 spiro atoms. The van der Waals surface area contributed by atoms with Gasteiger partial charge in [-0.15, -0.1) is 0 Å². The van der Waals surface area contributed by atoms with Crippen molar-refractivity contribution in [2.75, 3.05) is 0 Å². The number of aromatic nitrogens is 1. The Kier molecular flexibility index (Phi) is 5.35. The van der Waals surface area contributed by atoms with Gasteiger partial charge in [-0.2, -0.15) is 18.4 Å². The molecule has 0 fully saturated rings. The molecular formula is C22H16ClF3N2. The first-order chi connectivity index (χ1) is 13.2. The lowest BCUT2D eigenvalue weighted by Gasteiger charge is -2.10. The van der Waals surface area contributed by atoms with Gasteiger partial charge < -0.3 is 4.57 Å². The van der Waals surface area contributed by atoms with Crippen molar-refractivity contribution in [3.63, 3.8) is 0 Å². The fourth-order valence-corrected chi connectivity index (χ4v) is 3.31. The number of hydrogen-bond acceptors (Lipinski definition) is 1. The molecule has 0 aliphatic heterocycles. The van der Waals surface area contributed by atoms with Crippen LogP contribution in [0.4, 0.5) is 13.2 Å². The monoisotopic (exact) mass is 400 g/mol. The molecule has 3 aromatic rings. The average Bonchev–Trinajstić information content (AvgIpc) is 2.92. The van der Waals surface area contributed by atoms with Crippen LogP contribution in [0.2, 0.25) is 5.02 Å². The highest BCUT2D eigenvalue weighted by molar-refractivity contribution is 6.30. The Balaban J connectivity index is 2.03. The fourth-order valence-electron chi connectivity index (χ4n) is 3.12. The molecule has 6 heteroatoms. The zero-order valence-corrected chi connectivity index (χ0v) is 15.9. The second kappa shape index (κ2) is 7.57. The second-order valence-corrected chi connectivity index (χ2v) is 6.82. The van der Waals surface area contributed by atoms with Crippen molar-refractivity contribution in [1.29, 1.82) is 5.26 Å². The van der Waals surface area contributed by atoms with E-state index in [9.17, 15) is 18.4 Å². The van der Waals surface area contributed by atoms with E-state index in [4.69, 9.17) is 11.6 Å². The standard InChI is InChI=1S/C22H16ClF3N2/c1-14-10-17(15(2)28(14)21-5-3-4-20(23)12-21)11-18(13-27)16-6-8-19(9-7-16)22(24,25)26/h3-12H,1-2H3/b18-11-. The van der Waals surface area contributed by atoms with Crippen LogP contribution in [0, 0.1) is 25.2 Å². The van der Waals surface area contributed by atoms with E-state index in [0.717, 1.165) is 34.8 Å². The Labute approximate surface area is 166 Å². The molecule has 1 heterocycles. The third kappa shape index (κ3) is 3.97. The highest BCUT2D eigenvalue weighted by atomic mass is 35.5. The highest BCUT2D eigenvalue weighted by Gasteiger charge is 2.30. The van der Waals surface area contributed by atoms with E-state index in [1.165, 1.54) is 12.1 Å². The summed E-state index contributed by atoms with van der Waals surface area (Å²) in [5.41, 5.74) is 3.55. The van der Waals surface area contributed by atoms with Crippen LogP contribution in [0.15, 0.2) is 54.6 Å². The number of aryl methyl sites for hydroxylation is 1. The number of halogens is 4. The van der Waals surface area contributed by atoms with Gasteiger partial charge in [0.05, 0.1) is 17.2 Å². The van der Waals surface area contributed by atoms with E-state index in [1.54, 1.807) is 12.1 Å². The van der Waals surface area contributed by atoms with E-state index in [0.29, 0.717) is 16.2 Å². The van der Waals surface area contributed by atoms with E-state index in [2.05, 4.69) is 6.07 Å². The number of nitriles is 1. The van der Waals surface area contributed by atoms with Gasteiger partial charge >= 0.3 is 6.18 Å². The van der Waals surface area contributed by atoms with Crippen LogP contribution in [-0.2, 0) is 6.18 Å². The Morgan fingerprint density at radius 3 is 2.32 bits per heavy atom. The maximum atomic E-state index is 12.7. The molecule has 0 atom stereocenters. The van der Waals surface area contributed by atoms with Gasteiger partial charge in [0.1, 0.15) is 0 Å². The Morgan fingerprint density at radius 2 is 1.75 bits per heavy atom. The van der Waals surface area contributed by atoms with Crippen LogP contribution in [0.5, 0.6) is 0 Å². The highest BCUT2D eigenvalue weighted by Crippen LogP contribution is 2.31. The smallest absolute Gasteiger partial charge is 0.318 e. The number of benzene rings is 2. The maximum Gasteiger partial charge on any atom is 0.416 e. The van der Waals surface area contributed by atoms with Crippen molar-refractivity contribution >= 4 is 23.3 Å². The van der Waals surface area contributed by atoms with Gasteiger partial charge in [0, 0.05) is 22.1 Å². The van der Waals surface area contributed by atoms with Gasteiger partial charge in [-0.05, 0) is 67.4 Å². The molecule has 0 aliphatic rings. The van der Waals surface area contributed by atoms with E-state index in [1.807, 2.05) is 42.7 Å². The molecule has 0 unspecified atom stereocenters. The van der Waals surface area contributed by atoms with Gasteiger partial charge in [-0.1, -0.05) is 29.8 Å². The largest absolute Gasteiger partial charge is 0.416 e. The summed E-state index contributed by atoms with van der Waals surface area (Å²) in [5, 5.41) is 10.1. The Bertz CT molecular complexity index is 1080. The van der Waals surface area contributed by atoms with Gasteiger partial charge in [-0.3, -0.25) is 0 Å². The number of hydrogen-bond donors (Lipinski definition) is 0. The van der Waals surface area contributed by atoms with Crippen molar-refractivity contribution in [3.8, 4) is 11.8 Å². The Morgan fingerprint density at radius 1 is 1.07 bits per heavy atom. The first-order valence-corrected chi connectivity index (χ1v) is 8.83.